The van der Waals surface area contributed by atoms with Gasteiger partial charge in [0.15, 0.2) is 5.90 Å². The minimum absolute atomic E-state index is 0.0440. The van der Waals surface area contributed by atoms with E-state index in [2.05, 4.69) is 4.99 Å². The van der Waals surface area contributed by atoms with Crippen LogP contribution < -0.4 is 5.73 Å². The number of halogens is 1. The Labute approximate surface area is 93.9 Å². The van der Waals surface area contributed by atoms with Crippen molar-refractivity contribution in [3.8, 4) is 0 Å². The molecule has 80 valence electrons. The normalized spacial score (nSPS) is 19.9. The van der Waals surface area contributed by atoms with Crippen LogP contribution in [0.3, 0.4) is 0 Å². The first-order valence-corrected chi connectivity index (χ1v) is 5.31. The summed E-state index contributed by atoms with van der Waals surface area (Å²) in [6.07, 6.45) is 0.693. The van der Waals surface area contributed by atoms with Crippen molar-refractivity contribution in [2.24, 2.45) is 10.7 Å². The van der Waals surface area contributed by atoms with E-state index in [0.29, 0.717) is 19.5 Å². The predicted molar refractivity (Wildman–Crippen MR) is 61.4 cm³/mol. The molecule has 2 N–H and O–H groups in total. The fourth-order valence-corrected chi connectivity index (χ4v) is 1.70. The van der Waals surface area contributed by atoms with E-state index in [4.69, 9.17) is 22.1 Å². The van der Waals surface area contributed by atoms with E-state index in [-0.39, 0.29) is 6.10 Å². The molecular weight excluding hydrogens is 212 g/mol. The first kappa shape index (κ1) is 10.5. The van der Waals surface area contributed by atoms with E-state index in [1.807, 2.05) is 24.3 Å². The highest BCUT2D eigenvalue weighted by Gasteiger charge is 2.18. The molecular formula is C11H13ClN2O. The predicted octanol–water partition coefficient (Wildman–Crippen LogP) is 1.64. The van der Waals surface area contributed by atoms with Crippen molar-refractivity contribution >= 4 is 17.5 Å². The van der Waals surface area contributed by atoms with Gasteiger partial charge in [0.1, 0.15) is 6.10 Å². The quantitative estimate of drug-likeness (QED) is 0.849. The van der Waals surface area contributed by atoms with E-state index < -0.39 is 0 Å². The lowest BCUT2D eigenvalue weighted by molar-refractivity contribution is 0.228. The molecule has 0 aromatic heterocycles. The highest BCUT2D eigenvalue weighted by molar-refractivity contribution is 6.31. The van der Waals surface area contributed by atoms with Crippen molar-refractivity contribution in [1.29, 1.82) is 0 Å². The summed E-state index contributed by atoms with van der Waals surface area (Å²) in [4.78, 5) is 4.28. The summed E-state index contributed by atoms with van der Waals surface area (Å²) in [5.41, 5.74) is 6.53. The van der Waals surface area contributed by atoms with E-state index in [1.165, 1.54) is 0 Å². The Balaban J connectivity index is 2.02. The highest BCUT2D eigenvalue weighted by atomic mass is 35.5. The second kappa shape index (κ2) is 4.64. The van der Waals surface area contributed by atoms with Crippen molar-refractivity contribution in [1.82, 2.24) is 0 Å². The van der Waals surface area contributed by atoms with Gasteiger partial charge in [-0.25, -0.2) is 0 Å². The third kappa shape index (κ3) is 2.49. The molecule has 1 unspecified atom stereocenters. The maximum absolute atomic E-state index is 6.04. The molecule has 0 saturated carbocycles. The average molecular weight is 225 g/mol. The van der Waals surface area contributed by atoms with Gasteiger partial charge in [0.05, 0.1) is 6.54 Å². The Bertz CT molecular complexity index is 379. The van der Waals surface area contributed by atoms with Gasteiger partial charge in [-0.1, -0.05) is 29.8 Å². The first-order valence-electron chi connectivity index (χ1n) is 4.93. The molecule has 0 saturated heterocycles. The standard InChI is InChI=1S/C11H13ClN2O/c12-10-4-2-1-3-8(10)5-11-14-7-9(6-13)15-11/h1-4,9H,5-7,13H2. The average Bonchev–Trinajstić information content (AvgIpc) is 2.69. The van der Waals surface area contributed by atoms with Crippen LogP contribution in [0.2, 0.25) is 5.02 Å². The molecule has 1 atom stereocenters. The van der Waals surface area contributed by atoms with Crippen LogP contribution in [0.5, 0.6) is 0 Å². The topological polar surface area (TPSA) is 47.6 Å². The van der Waals surface area contributed by atoms with Crippen LogP contribution in [0, 0.1) is 0 Å². The SMILES string of the molecule is NCC1CN=C(Cc2ccccc2Cl)O1. The zero-order valence-corrected chi connectivity index (χ0v) is 9.07. The smallest absolute Gasteiger partial charge is 0.188 e. The molecule has 0 radical (unpaired) electrons. The van der Waals surface area contributed by atoms with Gasteiger partial charge in [0.25, 0.3) is 0 Å². The summed E-state index contributed by atoms with van der Waals surface area (Å²) in [5.74, 6) is 0.735. The molecule has 2 rings (SSSR count). The van der Waals surface area contributed by atoms with Crippen molar-refractivity contribution in [2.45, 2.75) is 12.5 Å². The monoisotopic (exact) mass is 224 g/mol. The van der Waals surface area contributed by atoms with Crippen molar-refractivity contribution < 1.29 is 4.74 Å². The minimum Gasteiger partial charge on any atom is -0.474 e. The summed E-state index contributed by atoms with van der Waals surface area (Å²) in [6.45, 7) is 1.17. The van der Waals surface area contributed by atoms with E-state index in [9.17, 15) is 0 Å². The third-order valence-electron chi connectivity index (χ3n) is 2.34. The van der Waals surface area contributed by atoms with E-state index >= 15 is 0 Å². The molecule has 0 spiro atoms. The Morgan fingerprint density at radius 2 is 2.27 bits per heavy atom. The number of nitrogens with zero attached hydrogens (tertiary/aromatic N) is 1. The fraction of sp³-hybridized carbons (Fsp3) is 0.364. The molecule has 4 heteroatoms. The summed E-state index contributed by atoms with van der Waals surface area (Å²) in [6, 6.07) is 7.71. The van der Waals surface area contributed by atoms with Crippen molar-refractivity contribution in [3.63, 3.8) is 0 Å². The minimum atomic E-state index is 0.0440. The van der Waals surface area contributed by atoms with Gasteiger partial charge in [0, 0.05) is 18.0 Å². The summed E-state index contributed by atoms with van der Waals surface area (Å²) >= 11 is 6.04. The maximum atomic E-state index is 6.04. The zero-order valence-electron chi connectivity index (χ0n) is 8.32. The molecule has 1 aliphatic rings. The lowest BCUT2D eigenvalue weighted by Gasteiger charge is -2.08. The molecule has 0 fully saturated rings. The van der Waals surface area contributed by atoms with Crippen LogP contribution in [-0.4, -0.2) is 25.1 Å². The van der Waals surface area contributed by atoms with Crippen LogP contribution in [0.1, 0.15) is 5.56 Å². The number of rotatable bonds is 3. The van der Waals surface area contributed by atoms with Gasteiger partial charge in [-0.05, 0) is 11.6 Å². The van der Waals surface area contributed by atoms with Crippen LogP contribution in [-0.2, 0) is 11.2 Å². The van der Waals surface area contributed by atoms with Gasteiger partial charge >= 0.3 is 0 Å². The molecule has 0 bridgehead atoms. The van der Waals surface area contributed by atoms with Crippen molar-refractivity contribution in [2.75, 3.05) is 13.1 Å². The number of nitrogens with two attached hydrogens (primary N) is 1. The van der Waals surface area contributed by atoms with Gasteiger partial charge in [-0.3, -0.25) is 4.99 Å². The van der Waals surface area contributed by atoms with Crippen molar-refractivity contribution in [3.05, 3.63) is 34.9 Å². The highest BCUT2D eigenvalue weighted by Crippen LogP contribution is 2.17. The number of benzene rings is 1. The Morgan fingerprint density at radius 3 is 2.93 bits per heavy atom. The van der Waals surface area contributed by atoms with Crippen LogP contribution in [0.25, 0.3) is 0 Å². The Hall–Kier alpha value is -1.06. The second-order valence-corrected chi connectivity index (χ2v) is 3.89. The number of hydrogen-bond acceptors (Lipinski definition) is 3. The van der Waals surface area contributed by atoms with Crippen LogP contribution in [0.15, 0.2) is 29.3 Å². The Morgan fingerprint density at radius 1 is 1.47 bits per heavy atom. The first-order chi connectivity index (χ1) is 7.29. The van der Waals surface area contributed by atoms with Crippen LogP contribution >= 0.6 is 11.6 Å². The third-order valence-corrected chi connectivity index (χ3v) is 2.71. The molecule has 1 aromatic carbocycles. The molecule has 0 aliphatic carbocycles. The van der Waals surface area contributed by atoms with Gasteiger partial charge in [-0.15, -0.1) is 0 Å². The molecule has 1 heterocycles. The van der Waals surface area contributed by atoms with Gasteiger partial charge in [-0.2, -0.15) is 0 Å². The Kier molecular flexibility index (Phi) is 3.23. The van der Waals surface area contributed by atoms with Crippen LogP contribution in [0.4, 0.5) is 0 Å². The van der Waals surface area contributed by atoms with E-state index in [1.54, 1.807) is 0 Å². The number of hydrogen-bond donors (Lipinski definition) is 1. The number of ether oxygens (including phenoxy) is 1. The molecule has 1 aromatic rings. The molecule has 3 nitrogen and oxygen atoms in total. The van der Waals surface area contributed by atoms with Gasteiger partial charge < -0.3 is 10.5 Å². The fourth-order valence-electron chi connectivity index (χ4n) is 1.50. The molecule has 0 amide bonds. The van der Waals surface area contributed by atoms with Gasteiger partial charge in [0.2, 0.25) is 0 Å². The lowest BCUT2D eigenvalue weighted by atomic mass is 10.1. The molecule has 1 aliphatic heterocycles. The lowest BCUT2D eigenvalue weighted by Crippen LogP contribution is -2.24. The number of aliphatic imine (C=N–C) groups is 1. The zero-order chi connectivity index (χ0) is 10.7. The summed E-state index contributed by atoms with van der Waals surface area (Å²) in [7, 11) is 0. The largest absolute Gasteiger partial charge is 0.474 e. The second-order valence-electron chi connectivity index (χ2n) is 3.48. The van der Waals surface area contributed by atoms with E-state index in [0.717, 1.165) is 16.5 Å². The molecule has 15 heavy (non-hydrogen) atoms. The summed E-state index contributed by atoms with van der Waals surface area (Å²) < 4.78 is 5.54. The summed E-state index contributed by atoms with van der Waals surface area (Å²) in [5, 5.41) is 0.750. The maximum Gasteiger partial charge on any atom is 0.188 e.